The van der Waals surface area contributed by atoms with Gasteiger partial charge in [0.1, 0.15) is 10.6 Å². The molecule has 1 amide bonds. The van der Waals surface area contributed by atoms with Crippen molar-refractivity contribution in [2.45, 2.75) is 11.8 Å². The van der Waals surface area contributed by atoms with E-state index in [4.69, 9.17) is 4.18 Å². The molecule has 0 aliphatic heterocycles. The Bertz CT molecular complexity index is 1040. The van der Waals surface area contributed by atoms with Crippen LogP contribution in [0.25, 0.3) is 11.0 Å². The fourth-order valence-electron chi connectivity index (χ4n) is 2.16. The number of benzene rings is 2. The first-order chi connectivity index (χ1) is 11.9. The Labute approximate surface area is 143 Å². The number of H-pyrrole nitrogens is 1. The van der Waals surface area contributed by atoms with Crippen LogP contribution in [-0.2, 0) is 14.9 Å². The number of imidazole rings is 1. The molecule has 1 aromatic heterocycles. The molecule has 2 aromatic carbocycles. The van der Waals surface area contributed by atoms with E-state index < -0.39 is 16.2 Å². The minimum absolute atomic E-state index is 0.0422. The molecule has 3 aromatic rings. The smallest absolute Gasteiger partial charge is 0.413 e. The van der Waals surface area contributed by atoms with Crippen LogP contribution in [0.4, 0.5) is 10.7 Å². The number of nitrogens with zero attached hydrogens (tertiary/aromatic N) is 1. The molecule has 25 heavy (non-hydrogen) atoms. The minimum Gasteiger partial charge on any atom is -0.453 e. The number of aromatic amines is 1. The van der Waals surface area contributed by atoms with Crippen molar-refractivity contribution < 1.29 is 22.1 Å². The van der Waals surface area contributed by atoms with E-state index >= 15 is 0 Å². The molecule has 3 rings (SSSR count). The standard InChI is InChI=1S/C16H15N3O5S/c1-10-5-3-4-6-14(10)24-25(21,22)11-7-8-12-13(9-11)18-15(17-12)19-16(20)23-2/h3-9H,1-2H3,(H2,17,18,19,20). The second kappa shape index (κ2) is 6.44. The molecule has 0 unspecified atom stereocenters. The summed E-state index contributed by atoms with van der Waals surface area (Å²) >= 11 is 0. The highest BCUT2D eigenvalue weighted by Crippen LogP contribution is 2.24. The van der Waals surface area contributed by atoms with E-state index in [1.54, 1.807) is 37.3 Å². The number of carbonyl (C=O) groups excluding carboxylic acids is 1. The van der Waals surface area contributed by atoms with Gasteiger partial charge in [-0.25, -0.2) is 9.78 Å². The third-order valence-electron chi connectivity index (χ3n) is 3.44. The molecule has 0 spiro atoms. The number of fused-ring (bicyclic) bond motifs is 1. The number of rotatable bonds is 4. The predicted molar refractivity (Wildman–Crippen MR) is 91.1 cm³/mol. The lowest BCUT2D eigenvalue weighted by molar-refractivity contribution is 0.186. The zero-order chi connectivity index (χ0) is 18.0. The predicted octanol–water partition coefficient (Wildman–Crippen LogP) is 2.82. The average molecular weight is 361 g/mol. The van der Waals surface area contributed by atoms with Crippen LogP contribution >= 0.6 is 0 Å². The summed E-state index contributed by atoms with van der Waals surface area (Å²) in [7, 11) is -2.78. The van der Waals surface area contributed by atoms with Gasteiger partial charge in [0.25, 0.3) is 0 Å². The van der Waals surface area contributed by atoms with Crippen molar-refractivity contribution in [2.75, 3.05) is 12.4 Å². The van der Waals surface area contributed by atoms with E-state index in [2.05, 4.69) is 20.0 Å². The van der Waals surface area contributed by atoms with Crippen LogP contribution in [0, 0.1) is 6.92 Å². The summed E-state index contributed by atoms with van der Waals surface area (Å²) in [4.78, 5) is 18.1. The van der Waals surface area contributed by atoms with Crippen molar-refractivity contribution in [3.05, 3.63) is 48.0 Å². The minimum atomic E-state index is -4.01. The van der Waals surface area contributed by atoms with Gasteiger partial charge in [-0.3, -0.25) is 5.32 Å². The summed E-state index contributed by atoms with van der Waals surface area (Å²) in [5.41, 5.74) is 1.62. The topological polar surface area (TPSA) is 110 Å². The molecule has 2 N–H and O–H groups in total. The summed E-state index contributed by atoms with van der Waals surface area (Å²) in [5.74, 6) is 0.411. The van der Waals surface area contributed by atoms with Gasteiger partial charge in [-0.05, 0) is 36.8 Å². The molecule has 130 valence electrons. The largest absolute Gasteiger partial charge is 0.453 e. The molecule has 0 fully saturated rings. The number of amides is 1. The van der Waals surface area contributed by atoms with Crippen molar-refractivity contribution in [3.8, 4) is 5.75 Å². The van der Waals surface area contributed by atoms with Gasteiger partial charge in [-0.2, -0.15) is 8.42 Å². The van der Waals surface area contributed by atoms with E-state index in [9.17, 15) is 13.2 Å². The van der Waals surface area contributed by atoms with Gasteiger partial charge in [0, 0.05) is 0 Å². The summed E-state index contributed by atoms with van der Waals surface area (Å²) in [6.07, 6.45) is -0.685. The number of methoxy groups -OCH3 is 1. The van der Waals surface area contributed by atoms with E-state index in [0.717, 1.165) is 0 Å². The van der Waals surface area contributed by atoms with Crippen molar-refractivity contribution in [1.29, 1.82) is 0 Å². The van der Waals surface area contributed by atoms with Gasteiger partial charge in [-0.15, -0.1) is 0 Å². The first-order valence-corrected chi connectivity index (χ1v) is 8.65. The number of carbonyl (C=O) groups is 1. The SMILES string of the molecule is COC(=O)Nc1nc2cc(S(=O)(=O)Oc3ccccc3C)ccc2[nH]1. The number of aryl methyl sites for hydroxylation is 1. The summed E-state index contributed by atoms with van der Waals surface area (Å²) < 4.78 is 34.6. The Morgan fingerprint density at radius 1 is 1.20 bits per heavy atom. The first kappa shape index (κ1) is 16.8. The zero-order valence-electron chi connectivity index (χ0n) is 13.4. The van der Waals surface area contributed by atoms with Gasteiger partial charge in [0.15, 0.2) is 0 Å². The second-order valence-corrected chi connectivity index (χ2v) is 6.73. The van der Waals surface area contributed by atoms with Crippen molar-refractivity contribution in [1.82, 2.24) is 9.97 Å². The lowest BCUT2D eigenvalue weighted by atomic mass is 10.2. The molecule has 0 radical (unpaired) electrons. The van der Waals surface area contributed by atoms with Crippen molar-refractivity contribution >= 4 is 33.2 Å². The lowest BCUT2D eigenvalue weighted by Gasteiger charge is -2.09. The van der Waals surface area contributed by atoms with Gasteiger partial charge in [0.05, 0.1) is 18.1 Å². The quantitative estimate of drug-likeness (QED) is 0.691. The molecular weight excluding hydrogens is 346 g/mol. The Balaban J connectivity index is 1.92. The number of hydrogen-bond acceptors (Lipinski definition) is 6. The molecule has 1 heterocycles. The van der Waals surface area contributed by atoms with Crippen LogP contribution < -0.4 is 9.50 Å². The fourth-order valence-corrected chi connectivity index (χ4v) is 3.17. The fraction of sp³-hybridized carbons (Fsp3) is 0.125. The summed E-state index contributed by atoms with van der Waals surface area (Å²) in [6, 6.07) is 11.1. The van der Waals surface area contributed by atoms with E-state index in [-0.39, 0.29) is 16.6 Å². The van der Waals surface area contributed by atoms with Crippen LogP contribution in [0.15, 0.2) is 47.4 Å². The van der Waals surface area contributed by atoms with Crippen LogP contribution in [0.3, 0.4) is 0 Å². The first-order valence-electron chi connectivity index (χ1n) is 7.24. The third-order valence-corrected chi connectivity index (χ3v) is 4.67. The Kier molecular flexibility index (Phi) is 4.32. The van der Waals surface area contributed by atoms with Gasteiger partial charge < -0.3 is 13.9 Å². The Hall–Kier alpha value is -3.07. The molecule has 0 atom stereocenters. The normalized spacial score (nSPS) is 11.3. The van der Waals surface area contributed by atoms with Gasteiger partial charge >= 0.3 is 16.2 Å². The van der Waals surface area contributed by atoms with E-state index in [0.29, 0.717) is 16.6 Å². The number of ether oxygens (including phenoxy) is 1. The maximum Gasteiger partial charge on any atom is 0.413 e. The number of hydrogen-bond donors (Lipinski definition) is 2. The number of aromatic nitrogens is 2. The highest BCUT2D eigenvalue weighted by molar-refractivity contribution is 7.87. The number of para-hydroxylation sites is 1. The zero-order valence-corrected chi connectivity index (χ0v) is 14.3. The second-order valence-electron chi connectivity index (χ2n) is 5.18. The monoisotopic (exact) mass is 361 g/mol. The molecule has 0 aliphatic carbocycles. The molecule has 0 saturated carbocycles. The van der Waals surface area contributed by atoms with Crippen LogP contribution in [0.5, 0.6) is 5.75 Å². The van der Waals surface area contributed by atoms with E-state index in [1.807, 2.05) is 0 Å². The Morgan fingerprint density at radius 3 is 2.68 bits per heavy atom. The summed E-state index contributed by atoms with van der Waals surface area (Å²) in [5, 5.41) is 2.38. The maximum atomic E-state index is 12.5. The highest BCUT2D eigenvalue weighted by Gasteiger charge is 2.19. The summed E-state index contributed by atoms with van der Waals surface area (Å²) in [6.45, 7) is 1.76. The van der Waals surface area contributed by atoms with Crippen LogP contribution in [0.1, 0.15) is 5.56 Å². The van der Waals surface area contributed by atoms with Crippen molar-refractivity contribution in [2.24, 2.45) is 0 Å². The van der Waals surface area contributed by atoms with Gasteiger partial charge in [0.2, 0.25) is 5.95 Å². The number of anilines is 1. The molecule has 0 saturated heterocycles. The number of nitrogens with one attached hydrogen (secondary N) is 2. The van der Waals surface area contributed by atoms with Crippen LogP contribution in [-0.4, -0.2) is 31.6 Å². The third kappa shape index (κ3) is 3.56. The molecule has 8 nitrogen and oxygen atoms in total. The lowest BCUT2D eigenvalue weighted by Crippen LogP contribution is -2.11. The van der Waals surface area contributed by atoms with Gasteiger partial charge in [-0.1, -0.05) is 18.2 Å². The average Bonchev–Trinajstić information content (AvgIpc) is 2.98. The molecule has 0 aliphatic rings. The van der Waals surface area contributed by atoms with Crippen LogP contribution in [0.2, 0.25) is 0 Å². The Morgan fingerprint density at radius 2 is 1.96 bits per heavy atom. The van der Waals surface area contributed by atoms with E-state index in [1.165, 1.54) is 19.2 Å². The van der Waals surface area contributed by atoms with Crippen molar-refractivity contribution in [3.63, 3.8) is 0 Å². The molecule has 9 heteroatoms. The molecule has 0 bridgehead atoms. The maximum absolute atomic E-state index is 12.5. The highest BCUT2D eigenvalue weighted by atomic mass is 32.2. The molecular formula is C16H15N3O5S.